The van der Waals surface area contributed by atoms with Crippen LogP contribution in [0.5, 0.6) is 5.75 Å². The summed E-state index contributed by atoms with van der Waals surface area (Å²) >= 11 is 3.36. The van der Waals surface area contributed by atoms with Crippen molar-refractivity contribution < 1.29 is 13.2 Å². The van der Waals surface area contributed by atoms with Gasteiger partial charge in [0.05, 0.1) is 25.6 Å². The fourth-order valence-electron chi connectivity index (χ4n) is 2.02. The smallest absolute Gasteiger partial charge is 0.232 e. The molecule has 0 aliphatic carbocycles. The van der Waals surface area contributed by atoms with E-state index in [2.05, 4.69) is 15.9 Å². The number of hydrogen-bond donors (Lipinski definition) is 0. The first-order valence-electron chi connectivity index (χ1n) is 6.27. The van der Waals surface area contributed by atoms with Gasteiger partial charge in [-0.2, -0.15) is 0 Å². The van der Waals surface area contributed by atoms with Gasteiger partial charge in [0, 0.05) is 10.0 Å². The van der Waals surface area contributed by atoms with Crippen LogP contribution < -0.4 is 9.04 Å². The summed E-state index contributed by atoms with van der Waals surface area (Å²) in [6.45, 7) is 0.222. The predicted octanol–water partition coefficient (Wildman–Crippen LogP) is 3.42. The van der Waals surface area contributed by atoms with E-state index in [1.54, 1.807) is 25.3 Å². The summed E-state index contributed by atoms with van der Waals surface area (Å²) in [6.07, 6.45) is 1.20. The van der Waals surface area contributed by atoms with Crippen molar-refractivity contribution >= 4 is 31.6 Å². The van der Waals surface area contributed by atoms with Gasteiger partial charge in [-0.1, -0.05) is 40.2 Å². The molecule has 0 unspecified atom stereocenters. The highest BCUT2D eigenvalue weighted by Crippen LogP contribution is 2.27. The maximum Gasteiger partial charge on any atom is 0.232 e. The van der Waals surface area contributed by atoms with Crippen molar-refractivity contribution in [2.45, 2.75) is 6.54 Å². The second-order valence-corrected chi connectivity index (χ2v) is 7.38. The van der Waals surface area contributed by atoms with E-state index in [-0.39, 0.29) is 6.54 Å². The first-order chi connectivity index (χ1) is 9.91. The van der Waals surface area contributed by atoms with Crippen molar-refractivity contribution in [3.63, 3.8) is 0 Å². The van der Waals surface area contributed by atoms with Crippen LogP contribution in [-0.4, -0.2) is 21.8 Å². The third-order valence-electron chi connectivity index (χ3n) is 3.00. The van der Waals surface area contributed by atoms with Gasteiger partial charge in [-0.05, 0) is 24.3 Å². The Morgan fingerprint density at radius 1 is 1.14 bits per heavy atom. The van der Waals surface area contributed by atoms with Crippen molar-refractivity contribution in [1.82, 2.24) is 0 Å². The maximum absolute atomic E-state index is 12.1. The Balaban J connectivity index is 2.43. The number of methoxy groups -OCH3 is 1. The monoisotopic (exact) mass is 369 g/mol. The van der Waals surface area contributed by atoms with Crippen molar-refractivity contribution in [2.24, 2.45) is 0 Å². The molecule has 4 nitrogen and oxygen atoms in total. The highest BCUT2D eigenvalue weighted by atomic mass is 79.9. The average molecular weight is 370 g/mol. The Labute approximate surface area is 133 Å². The predicted molar refractivity (Wildman–Crippen MR) is 88.2 cm³/mol. The molecule has 0 amide bonds. The minimum absolute atomic E-state index is 0.222. The number of halogens is 1. The topological polar surface area (TPSA) is 46.6 Å². The largest absolute Gasteiger partial charge is 0.496 e. The molecule has 0 atom stereocenters. The number of para-hydroxylation sites is 1. The van der Waals surface area contributed by atoms with Crippen LogP contribution in [0.4, 0.5) is 5.69 Å². The number of anilines is 1. The van der Waals surface area contributed by atoms with Gasteiger partial charge in [0.25, 0.3) is 0 Å². The Bertz CT molecular complexity index is 731. The summed E-state index contributed by atoms with van der Waals surface area (Å²) in [5.74, 6) is 0.668. The lowest BCUT2D eigenvalue weighted by Crippen LogP contribution is -2.29. The third kappa shape index (κ3) is 3.98. The standard InChI is InChI=1S/C15H16BrNO3S/c1-20-15-9-4-3-6-12(15)11-17(21(2,18)19)14-8-5-7-13(16)10-14/h3-10H,11H2,1-2H3. The van der Waals surface area contributed by atoms with E-state index in [1.807, 2.05) is 30.3 Å². The van der Waals surface area contributed by atoms with E-state index >= 15 is 0 Å². The van der Waals surface area contributed by atoms with Crippen LogP contribution in [0.3, 0.4) is 0 Å². The first-order valence-corrected chi connectivity index (χ1v) is 8.91. The molecule has 2 aromatic carbocycles. The summed E-state index contributed by atoms with van der Waals surface area (Å²) in [6, 6.07) is 14.6. The zero-order chi connectivity index (χ0) is 15.5. The lowest BCUT2D eigenvalue weighted by Gasteiger charge is -2.23. The SMILES string of the molecule is COc1ccccc1CN(c1cccc(Br)c1)S(C)(=O)=O. The van der Waals surface area contributed by atoms with Crippen molar-refractivity contribution in [3.8, 4) is 5.75 Å². The molecule has 0 bridgehead atoms. The fraction of sp³-hybridized carbons (Fsp3) is 0.200. The molecular formula is C15H16BrNO3S. The minimum Gasteiger partial charge on any atom is -0.496 e. The Morgan fingerprint density at radius 3 is 2.48 bits per heavy atom. The first kappa shape index (κ1) is 15.9. The van der Waals surface area contributed by atoms with E-state index in [1.165, 1.54) is 10.6 Å². The molecule has 0 aliphatic heterocycles. The summed E-state index contributed by atoms with van der Waals surface area (Å²) in [4.78, 5) is 0. The Morgan fingerprint density at radius 2 is 1.86 bits per heavy atom. The van der Waals surface area contributed by atoms with Crippen molar-refractivity contribution in [1.29, 1.82) is 0 Å². The number of sulfonamides is 1. The van der Waals surface area contributed by atoms with E-state index in [0.29, 0.717) is 11.4 Å². The molecule has 0 saturated carbocycles. The lowest BCUT2D eigenvalue weighted by molar-refractivity contribution is 0.410. The second kappa shape index (κ2) is 6.49. The number of benzene rings is 2. The van der Waals surface area contributed by atoms with E-state index in [4.69, 9.17) is 4.74 Å². The molecular weight excluding hydrogens is 354 g/mol. The summed E-state index contributed by atoms with van der Waals surface area (Å²) in [5, 5.41) is 0. The van der Waals surface area contributed by atoms with Gasteiger partial charge in [0.15, 0.2) is 0 Å². The number of hydrogen-bond acceptors (Lipinski definition) is 3. The van der Waals surface area contributed by atoms with Gasteiger partial charge >= 0.3 is 0 Å². The second-order valence-electron chi connectivity index (χ2n) is 4.56. The summed E-state index contributed by atoms with van der Waals surface area (Å²) < 4.78 is 31.7. The quantitative estimate of drug-likeness (QED) is 0.810. The molecule has 0 radical (unpaired) electrons. The molecule has 0 aromatic heterocycles. The number of ether oxygens (including phenoxy) is 1. The van der Waals surface area contributed by atoms with Crippen LogP contribution in [0.1, 0.15) is 5.56 Å². The maximum atomic E-state index is 12.1. The molecule has 2 rings (SSSR count). The van der Waals surface area contributed by atoms with Gasteiger partial charge in [0.2, 0.25) is 10.0 Å². The molecule has 2 aromatic rings. The molecule has 0 aliphatic rings. The molecule has 0 saturated heterocycles. The molecule has 21 heavy (non-hydrogen) atoms. The number of rotatable bonds is 5. The molecule has 0 N–H and O–H groups in total. The lowest BCUT2D eigenvalue weighted by atomic mass is 10.2. The highest BCUT2D eigenvalue weighted by molar-refractivity contribution is 9.10. The van der Waals surface area contributed by atoms with Gasteiger partial charge < -0.3 is 4.74 Å². The van der Waals surface area contributed by atoms with E-state index in [9.17, 15) is 8.42 Å². The van der Waals surface area contributed by atoms with Crippen LogP contribution in [-0.2, 0) is 16.6 Å². The van der Waals surface area contributed by atoms with Crippen molar-refractivity contribution in [3.05, 3.63) is 58.6 Å². The van der Waals surface area contributed by atoms with Gasteiger partial charge in [0.1, 0.15) is 5.75 Å². The van der Waals surface area contributed by atoms with Crippen molar-refractivity contribution in [2.75, 3.05) is 17.7 Å². The normalized spacial score (nSPS) is 11.2. The highest BCUT2D eigenvalue weighted by Gasteiger charge is 2.19. The van der Waals surface area contributed by atoms with Gasteiger partial charge in [-0.15, -0.1) is 0 Å². The number of nitrogens with zero attached hydrogens (tertiary/aromatic N) is 1. The van der Waals surface area contributed by atoms with Crippen LogP contribution >= 0.6 is 15.9 Å². The zero-order valence-corrected chi connectivity index (χ0v) is 14.2. The summed E-state index contributed by atoms with van der Waals surface area (Å²) in [5.41, 5.74) is 1.42. The molecule has 0 heterocycles. The summed E-state index contributed by atoms with van der Waals surface area (Å²) in [7, 11) is -1.83. The van der Waals surface area contributed by atoms with Crippen LogP contribution in [0.25, 0.3) is 0 Å². The van der Waals surface area contributed by atoms with E-state index in [0.717, 1.165) is 10.0 Å². The van der Waals surface area contributed by atoms with Gasteiger partial charge in [-0.25, -0.2) is 8.42 Å². The third-order valence-corrected chi connectivity index (χ3v) is 4.64. The van der Waals surface area contributed by atoms with Crippen LogP contribution in [0, 0.1) is 0 Å². The Hall–Kier alpha value is -1.53. The molecule has 112 valence electrons. The minimum atomic E-state index is -3.40. The molecule has 0 spiro atoms. The fourth-order valence-corrected chi connectivity index (χ4v) is 3.28. The van der Waals surface area contributed by atoms with Crippen LogP contribution in [0.15, 0.2) is 53.0 Å². The molecule has 0 fully saturated rings. The van der Waals surface area contributed by atoms with Crippen LogP contribution in [0.2, 0.25) is 0 Å². The molecule has 6 heteroatoms. The Kier molecular flexibility index (Phi) is 4.90. The average Bonchev–Trinajstić information content (AvgIpc) is 2.44. The zero-order valence-electron chi connectivity index (χ0n) is 11.8. The van der Waals surface area contributed by atoms with Gasteiger partial charge in [-0.3, -0.25) is 4.31 Å². The van der Waals surface area contributed by atoms with E-state index < -0.39 is 10.0 Å².